The molecule has 1 N–H and O–H groups in total. The summed E-state index contributed by atoms with van der Waals surface area (Å²) in [6.45, 7) is 4.98. The van der Waals surface area contributed by atoms with Crippen molar-refractivity contribution in [1.29, 1.82) is 0 Å². The summed E-state index contributed by atoms with van der Waals surface area (Å²) in [5, 5.41) is 7.31. The van der Waals surface area contributed by atoms with Gasteiger partial charge in [0.15, 0.2) is 0 Å². The summed E-state index contributed by atoms with van der Waals surface area (Å²) in [5.41, 5.74) is 4.54. The predicted octanol–water partition coefficient (Wildman–Crippen LogP) is 2.21. The van der Waals surface area contributed by atoms with Gasteiger partial charge in [-0.2, -0.15) is 5.10 Å². The molecule has 2 heterocycles. The SMILES string of the molecule is Cc1nn(C)c(C)c1C(=O)NCc1ccccc1Cn1ccnc1. The molecule has 6 nitrogen and oxygen atoms in total. The van der Waals surface area contributed by atoms with Crippen LogP contribution < -0.4 is 5.32 Å². The molecular formula is C18H21N5O. The van der Waals surface area contributed by atoms with Crippen molar-refractivity contribution in [2.45, 2.75) is 26.9 Å². The van der Waals surface area contributed by atoms with Gasteiger partial charge in [-0.1, -0.05) is 24.3 Å². The molecule has 2 aromatic heterocycles. The monoisotopic (exact) mass is 323 g/mol. The molecule has 0 radical (unpaired) electrons. The third-order valence-electron chi connectivity index (χ3n) is 4.21. The van der Waals surface area contributed by atoms with Crippen molar-refractivity contribution in [3.05, 3.63) is 71.1 Å². The van der Waals surface area contributed by atoms with Gasteiger partial charge in [-0.05, 0) is 25.0 Å². The van der Waals surface area contributed by atoms with Crippen LogP contribution in [0.5, 0.6) is 0 Å². The molecule has 1 amide bonds. The first-order valence-electron chi connectivity index (χ1n) is 7.87. The molecule has 3 rings (SSSR count). The van der Waals surface area contributed by atoms with Gasteiger partial charge in [-0.15, -0.1) is 0 Å². The molecule has 0 aliphatic heterocycles. The normalized spacial score (nSPS) is 10.8. The van der Waals surface area contributed by atoms with Crippen LogP contribution in [0.15, 0.2) is 43.0 Å². The largest absolute Gasteiger partial charge is 0.348 e. The predicted molar refractivity (Wildman–Crippen MR) is 91.6 cm³/mol. The van der Waals surface area contributed by atoms with E-state index in [1.807, 2.05) is 49.9 Å². The minimum absolute atomic E-state index is 0.0875. The summed E-state index contributed by atoms with van der Waals surface area (Å²) in [6.07, 6.45) is 5.48. The number of rotatable bonds is 5. The molecule has 124 valence electrons. The highest BCUT2D eigenvalue weighted by atomic mass is 16.1. The van der Waals surface area contributed by atoms with Crippen molar-refractivity contribution in [3.8, 4) is 0 Å². The lowest BCUT2D eigenvalue weighted by Crippen LogP contribution is -2.24. The van der Waals surface area contributed by atoms with Crippen LogP contribution in [0.25, 0.3) is 0 Å². The van der Waals surface area contributed by atoms with Gasteiger partial charge in [0.05, 0.1) is 17.6 Å². The van der Waals surface area contributed by atoms with Gasteiger partial charge in [0.1, 0.15) is 0 Å². The van der Waals surface area contributed by atoms with Crippen LogP contribution in [-0.2, 0) is 20.1 Å². The smallest absolute Gasteiger partial charge is 0.255 e. The standard InChI is InChI=1S/C18H21N5O/c1-13-17(14(2)22(3)21-13)18(24)20-10-15-6-4-5-7-16(15)11-23-9-8-19-12-23/h4-9,12H,10-11H2,1-3H3,(H,20,24). The number of nitrogens with one attached hydrogen (secondary N) is 1. The van der Waals surface area contributed by atoms with E-state index >= 15 is 0 Å². The molecule has 24 heavy (non-hydrogen) atoms. The molecule has 0 spiro atoms. The zero-order valence-corrected chi connectivity index (χ0v) is 14.2. The van der Waals surface area contributed by atoms with Crippen molar-refractivity contribution in [2.75, 3.05) is 0 Å². The molecule has 0 atom stereocenters. The van der Waals surface area contributed by atoms with Crippen molar-refractivity contribution < 1.29 is 4.79 Å². The number of benzene rings is 1. The van der Waals surface area contributed by atoms with Crippen molar-refractivity contribution in [1.82, 2.24) is 24.6 Å². The molecular weight excluding hydrogens is 302 g/mol. The van der Waals surface area contributed by atoms with Crippen molar-refractivity contribution in [3.63, 3.8) is 0 Å². The van der Waals surface area contributed by atoms with Crippen LogP contribution in [0.1, 0.15) is 32.9 Å². The minimum Gasteiger partial charge on any atom is -0.348 e. The van der Waals surface area contributed by atoms with Gasteiger partial charge in [0.2, 0.25) is 0 Å². The molecule has 1 aromatic carbocycles. The molecule has 0 aliphatic rings. The number of aryl methyl sites for hydroxylation is 2. The Bertz CT molecular complexity index is 848. The first-order chi connectivity index (χ1) is 11.6. The number of hydrogen-bond donors (Lipinski definition) is 1. The first-order valence-corrected chi connectivity index (χ1v) is 7.87. The van der Waals surface area contributed by atoms with Gasteiger partial charge in [-0.3, -0.25) is 9.48 Å². The molecule has 0 bridgehead atoms. The van der Waals surface area contributed by atoms with Crippen LogP contribution in [0.4, 0.5) is 0 Å². The molecule has 0 saturated heterocycles. The molecule has 6 heteroatoms. The van der Waals surface area contributed by atoms with E-state index in [9.17, 15) is 4.79 Å². The quantitative estimate of drug-likeness (QED) is 0.783. The summed E-state index contributed by atoms with van der Waals surface area (Å²) in [7, 11) is 1.85. The van der Waals surface area contributed by atoms with Gasteiger partial charge >= 0.3 is 0 Å². The average molecular weight is 323 g/mol. The zero-order valence-electron chi connectivity index (χ0n) is 14.2. The summed E-state index contributed by atoms with van der Waals surface area (Å²) < 4.78 is 3.74. The lowest BCUT2D eigenvalue weighted by molar-refractivity contribution is 0.0949. The van der Waals surface area contributed by atoms with E-state index in [1.54, 1.807) is 17.2 Å². The Morgan fingerprint density at radius 3 is 2.58 bits per heavy atom. The third-order valence-corrected chi connectivity index (χ3v) is 4.21. The van der Waals surface area contributed by atoms with Crippen molar-refractivity contribution >= 4 is 5.91 Å². The Morgan fingerprint density at radius 1 is 1.21 bits per heavy atom. The van der Waals surface area contributed by atoms with Crippen LogP contribution >= 0.6 is 0 Å². The van der Waals surface area contributed by atoms with E-state index in [0.717, 1.165) is 29.1 Å². The number of aromatic nitrogens is 4. The number of carbonyl (C=O) groups is 1. The van der Waals surface area contributed by atoms with Gasteiger partial charge in [0.25, 0.3) is 5.91 Å². The summed E-state index contributed by atoms with van der Waals surface area (Å²) in [6, 6.07) is 8.10. The molecule has 0 saturated carbocycles. The maximum atomic E-state index is 12.5. The van der Waals surface area contributed by atoms with Gasteiger partial charge < -0.3 is 9.88 Å². The Kier molecular flexibility index (Phi) is 4.46. The van der Waals surface area contributed by atoms with E-state index in [0.29, 0.717) is 12.1 Å². The number of hydrogen-bond acceptors (Lipinski definition) is 3. The fourth-order valence-electron chi connectivity index (χ4n) is 2.83. The molecule has 0 fully saturated rings. The van der Waals surface area contributed by atoms with E-state index in [2.05, 4.69) is 21.5 Å². The van der Waals surface area contributed by atoms with Crippen LogP contribution in [0.3, 0.4) is 0 Å². The fourth-order valence-corrected chi connectivity index (χ4v) is 2.83. The second-order valence-corrected chi connectivity index (χ2v) is 5.86. The topological polar surface area (TPSA) is 64.7 Å². The summed E-state index contributed by atoms with van der Waals surface area (Å²) in [5.74, 6) is -0.0875. The van der Waals surface area contributed by atoms with Crippen LogP contribution in [-0.4, -0.2) is 25.2 Å². The Balaban J connectivity index is 1.74. The summed E-state index contributed by atoms with van der Waals surface area (Å²) >= 11 is 0. The Hall–Kier alpha value is -2.89. The summed E-state index contributed by atoms with van der Waals surface area (Å²) in [4.78, 5) is 16.6. The second-order valence-electron chi connectivity index (χ2n) is 5.86. The number of carbonyl (C=O) groups excluding carboxylic acids is 1. The average Bonchev–Trinajstić information content (AvgIpc) is 3.15. The highest BCUT2D eigenvalue weighted by molar-refractivity contribution is 5.96. The lowest BCUT2D eigenvalue weighted by atomic mass is 10.1. The van der Waals surface area contributed by atoms with E-state index in [-0.39, 0.29) is 5.91 Å². The van der Waals surface area contributed by atoms with E-state index in [1.165, 1.54) is 0 Å². The number of amides is 1. The van der Waals surface area contributed by atoms with Gasteiger partial charge in [-0.25, -0.2) is 4.98 Å². The maximum Gasteiger partial charge on any atom is 0.255 e. The minimum atomic E-state index is -0.0875. The Labute approximate surface area is 141 Å². The first kappa shape index (κ1) is 16.0. The van der Waals surface area contributed by atoms with E-state index < -0.39 is 0 Å². The van der Waals surface area contributed by atoms with Crippen LogP contribution in [0, 0.1) is 13.8 Å². The zero-order chi connectivity index (χ0) is 17.1. The van der Waals surface area contributed by atoms with Crippen molar-refractivity contribution in [2.24, 2.45) is 7.05 Å². The third kappa shape index (κ3) is 3.22. The number of imidazole rings is 1. The van der Waals surface area contributed by atoms with E-state index in [4.69, 9.17) is 0 Å². The second kappa shape index (κ2) is 6.70. The molecule has 3 aromatic rings. The number of nitrogens with zero attached hydrogens (tertiary/aromatic N) is 4. The fraction of sp³-hybridized carbons (Fsp3) is 0.278. The van der Waals surface area contributed by atoms with Crippen LogP contribution in [0.2, 0.25) is 0 Å². The molecule has 0 unspecified atom stereocenters. The van der Waals surface area contributed by atoms with Gasteiger partial charge in [0, 0.05) is 38.2 Å². The lowest BCUT2D eigenvalue weighted by Gasteiger charge is -2.11. The Morgan fingerprint density at radius 2 is 1.96 bits per heavy atom. The highest BCUT2D eigenvalue weighted by Crippen LogP contribution is 2.14. The molecule has 0 aliphatic carbocycles. The highest BCUT2D eigenvalue weighted by Gasteiger charge is 2.17. The maximum absolute atomic E-state index is 12.5.